The normalized spacial score (nSPS) is 13.3. The summed E-state index contributed by atoms with van der Waals surface area (Å²) in [6.45, 7) is 0.361. The van der Waals surface area contributed by atoms with Gasteiger partial charge in [-0.15, -0.1) is 11.8 Å². The number of hydrogen-bond acceptors (Lipinski definition) is 5. The number of benzene rings is 2. The number of fused-ring (bicyclic) bond motifs is 1. The summed E-state index contributed by atoms with van der Waals surface area (Å²) in [5.74, 6) is 1.01. The van der Waals surface area contributed by atoms with Crippen LogP contribution in [-0.2, 0) is 16.6 Å². The Morgan fingerprint density at radius 3 is 2.55 bits per heavy atom. The minimum Gasteiger partial charge on any atom is -0.454 e. The third-order valence-electron chi connectivity index (χ3n) is 3.28. The van der Waals surface area contributed by atoms with Crippen LogP contribution in [0.2, 0.25) is 0 Å². The van der Waals surface area contributed by atoms with Gasteiger partial charge in [0, 0.05) is 17.5 Å². The first-order chi connectivity index (χ1) is 10.6. The van der Waals surface area contributed by atoms with E-state index in [1.54, 1.807) is 17.8 Å². The highest BCUT2D eigenvalue weighted by Gasteiger charge is 2.19. The molecule has 0 aromatic heterocycles. The lowest BCUT2D eigenvalue weighted by atomic mass is 10.2. The van der Waals surface area contributed by atoms with Gasteiger partial charge in [-0.25, -0.2) is 13.1 Å². The molecule has 0 bridgehead atoms. The van der Waals surface area contributed by atoms with E-state index in [0.717, 1.165) is 10.5 Å². The summed E-state index contributed by atoms with van der Waals surface area (Å²) in [7, 11) is -3.59. The highest BCUT2D eigenvalue weighted by molar-refractivity contribution is 7.98. The molecule has 0 fully saturated rings. The molecule has 7 heteroatoms. The third kappa shape index (κ3) is 3.21. The van der Waals surface area contributed by atoms with Crippen LogP contribution >= 0.6 is 11.8 Å². The lowest BCUT2D eigenvalue weighted by molar-refractivity contribution is 0.174. The predicted octanol–water partition coefficient (Wildman–Crippen LogP) is 2.62. The van der Waals surface area contributed by atoms with Crippen LogP contribution in [-0.4, -0.2) is 21.5 Å². The molecule has 1 aliphatic rings. The molecular weight excluding hydrogens is 322 g/mol. The first-order valence-corrected chi connectivity index (χ1v) is 9.31. The molecule has 22 heavy (non-hydrogen) atoms. The zero-order chi connectivity index (χ0) is 15.6. The van der Waals surface area contributed by atoms with Crippen molar-refractivity contribution < 1.29 is 17.9 Å². The van der Waals surface area contributed by atoms with Gasteiger partial charge in [0.1, 0.15) is 0 Å². The average Bonchev–Trinajstić information content (AvgIpc) is 3.01. The average molecular weight is 337 g/mol. The van der Waals surface area contributed by atoms with Gasteiger partial charge in [-0.3, -0.25) is 0 Å². The molecule has 116 valence electrons. The van der Waals surface area contributed by atoms with Crippen LogP contribution in [0.5, 0.6) is 11.5 Å². The molecule has 1 heterocycles. The van der Waals surface area contributed by atoms with Crippen LogP contribution in [0.15, 0.2) is 52.3 Å². The molecule has 1 aliphatic heterocycles. The van der Waals surface area contributed by atoms with Crippen molar-refractivity contribution in [2.75, 3.05) is 13.0 Å². The van der Waals surface area contributed by atoms with E-state index < -0.39 is 10.0 Å². The van der Waals surface area contributed by atoms with Crippen molar-refractivity contribution in [2.45, 2.75) is 16.3 Å². The summed E-state index contributed by atoms with van der Waals surface area (Å²) in [6.07, 6.45) is 2.00. The molecule has 3 rings (SSSR count). The van der Waals surface area contributed by atoms with Gasteiger partial charge in [0.05, 0.1) is 4.90 Å². The zero-order valence-corrected chi connectivity index (χ0v) is 13.5. The molecule has 1 N–H and O–H groups in total. The van der Waals surface area contributed by atoms with Crippen molar-refractivity contribution in [2.24, 2.45) is 0 Å². The molecule has 0 saturated carbocycles. The Bertz CT molecular complexity index is 773. The lowest BCUT2D eigenvalue weighted by Crippen LogP contribution is -2.23. The van der Waals surface area contributed by atoms with Crippen LogP contribution < -0.4 is 14.2 Å². The van der Waals surface area contributed by atoms with Crippen LogP contribution in [0.1, 0.15) is 5.56 Å². The van der Waals surface area contributed by atoms with Crippen molar-refractivity contribution in [1.82, 2.24) is 4.72 Å². The number of ether oxygens (including phenoxy) is 2. The summed E-state index contributed by atoms with van der Waals surface area (Å²) >= 11 is 1.64. The van der Waals surface area contributed by atoms with Crippen LogP contribution in [0.25, 0.3) is 0 Å². The molecule has 0 amide bonds. The standard InChI is InChI=1S/C15H15NO4S2/c1-21-12-4-2-11(3-5-12)9-16-22(17,18)13-6-7-14-15(8-13)20-10-19-14/h2-8,16H,9-10H2,1H3. The van der Waals surface area contributed by atoms with Gasteiger partial charge >= 0.3 is 0 Å². The van der Waals surface area contributed by atoms with Crippen LogP contribution in [0.4, 0.5) is 0 Å². The molecule has 5 nitrogen and oxygen atoms in total. The van der Waals surface area contributed by atoms with Crippen molar-refractivity contribution in [3.63, 3.8) is 0 Å². The molecule has 0 spiro atoms. The molecular formula is C15H15NO4S2. The maximum atomic E-state index is 12.3. The van der Waals surface area contributed by atoms with Gasteiger partial charge in [-0.2, -0.15) is 0 Å². The molecule has 0 unspecified atom stereocenters. The van der Waals surface area contributed by atoms with E-state index in [4.69, 9.17) is 9.47 Å². The largest absolute Gasteiger partial charge is 0.454 e. The SMILES string of the molecule is CSc1ccc(CNS(=O)(=O)c2ccc3c(c2)OCO3)cc1. The maximum absolute atomic E-state index is 12.3. The van der Waals surface area contributed by atoms with Gasteiger partial charge in [0.2, 0.25) is 16.8 Å². The fraction of sp³-hybridized carbons (Fsp3) is 0.200. The predicted molar refractivity (Wildman–Crippen MR) is 84.8 cm³/mol. The topological polar surface area (TPSA) is 64.6 Å². The van der Waals surface area contributed by atoms with Gasteiger partial charge in [-0.1, -0.05) is 12.1 Å². The number of hydrogen-bond donors (Lipinski definition) is 1. The molecule has 0 aliphatic carbocycles. The number of thioether (sulfide) groups is 1. The molecule has 0 radical (unpaired) electrons. The van der Waals surface area contributed by atoms with Crippen LogP contribution in [0, 0.1) is 0 Å². The smallest absolute Gasteiger partial charge is 0.241 e. The lowest BCUT2D eigenvalue weighted by Gasteiger charge is -2.08. The second-order valence-electron chi connectivity index (χ2n) is 4.69. The van der Waals surface area contributed by atoms with Gasteiger partial charge < -0.3 is 9.47 Å². The minimum absolute atomic E-state index is 0.119. The Morgan fingerprint density at radius 1 is 1.09 bits per heavy atom. The summed E-state index contributed by atoms with van der Waals surface area (Å²) in [5.41, 5.74) is 0.905. The zero-order valence-electron chi connectivity index (χ0n) is 11.9. The molecule has 0 saturated heterocycles. The number of nitrogens with one attached hydrogen (secondary N) is 1. The first-order valence-electron chi connectivity index (χ1n) is 6.61. The summed E-state index contributed by atoms with van der Waals surface area (Å²) in [6, 6.07) is 12.3. The van der Waals surface area contributed by atoms with Crippen molar-refractivity contribution in [3.05, 3.63) is 48.0 Å². The highest BCUT2D eigenvalue weighted by Crippen LogP contribution is 2.33. The Hall–Kier alpha value is -1.70. The maximum Gasteiger partial charge on any atom is 0.241 e. The van der Waals surface area contributed by atoms with Crippen LogP contribution in [0.3, 0.4) is 0 Å². The van der Waals surface area contributed by atoms with E-state index in [0.29, 0.717) is 11.5 Å². The van der Waals surface area contributed by atoms with Gasteiger partial charge in [0.15, 0.2) is 11.5 Å². The second kappa shape index (κ2) is 6.20. The Kier molecular flexibility index (Phi) is 4.28. The quantitative estimate of drug-likeness (QED) is 0.850. The third-order valence-corrected chi connectivity index (χ3v) is 5.42. The fourth-order valence-electron chi connectivity index (χ4n) is 2.05. The summed E-state index contributed by atoms with van der Waals surface area (Å²) in [5, 5.41) is 0. The van der Waals surface area contributed by atoms with E-state index in [1.807, 2.05) is 30.5 Å². The van der Waals surface area contributed by atoms with Crippen molar-refractivity contribution in [3.8, 4) is 11.5 Å². The highest BCUT2D eigenvalue weighted by atomic mass is 32.2. The molecule has 2 aromatic rings. The van der Waals surface area contributed by atoms with E-state index >= 15 is 0 Å². The molecule has 2 aromatic carbocycles. The summed E-state index contributed by atoms with van der Waals surface area (Å²) in [4.78, 5) is 1.31. The monoisotopic (exact) mass is 337 g/mol. The van der Waals surface area contributed by atoms with Crippen molar-refractivity contribution >= 4 is 21.8 Å². The summed E-state index contributed by atoms with van der Waals surface area (Å²) < 4.78 is 37.6. The fourth-order valence-corrected chi connectivity index (χ4v) is 3.49. The number of sulfonamides is 1. The van der Waals surface area contributed by atoms with E-state index in [-0.39, 0.29) is 18.2 Å². The number of rotatable bonds is 5. The van der Waals surface area contributed by atoms with E-state index in [1.165, 1.54) is 12.1 Å². The van der Waals surface area contributed by atoms with E-state index in [2.05, 4.69) is 4.72 Å². The van der Waals surface area contributed by atoms with E-state index in [9.17, 15) is 8.42 Å². The van der Waals surface area contributed by atoms with Gasteiger partial charge in [-0.05, 0) is 36.1 Å². The van der Waals surface area contributed by atoms with Crippen molar-refractivity contribution in [1.29, 1.82) is 0 Å². The molecule has 0 atom stereocenters. The minimum atomic E-state index is -3.59. The second-order valence-corrected chi connectivity index (χ2v) is 7.33. The van der Waals surface area contributed by atoms with Gasteiger partial charge in [0.25, 0.3) is 0 Å². The Morgan fingerprint density at radius 2 is 1.82 bits per heavy atom. The Balaban J connectivity index is 1.73. The Labute approximate surface area is 133 Å². The first kappa shape index (κ1) is 15.2.